The maximum Gasteiger partial charge on any atom is 0.351 e. The average molecular weight is 394 g/mol. The summed E-state index contributed by atoms with van der Waals surface area (Å²) in [5.41, 5.74) is 3.39. The first kappa shape index (κ1) is 19.8. The van der Waals surface area contributed by atoms with E-state index in [0.29, 0.717) is 16.3 Å². The predicted molar refractivity (Wildman–Crippen MR) is 112 cm³/mol. The third-order valence-corrected chi connectivity index (χ3v) is 5.47. The second-order valence-electron chi connectivity index (χ2n) is 6.39. The molecular weight excluding hydrogens is 372 g/mol. The summed E-state index contributed by atoms with van der Waals surface area (Å²) in [5, 5.41) is 3.52. The summed E-state index contributed by atoms with van der Waals surface area (Å²) >= 11 is 1.27. The van der Waals surface area contributed by atoms with Gasteiger partial charge in [-0.3, -0.25) is 4.79 Å². The van der Waals surface area contributed by atoms with Gasteiger partial charge in [-0.05, 0) is 38.0 Å². The Balaban J connectivity index is 1.65. The van der Waals surface area contributed by atoms with Gasteiger partial charge in [-0.1, -0.05) is 49.4 Å². The van der Waals surface area contributed by atoms with Crippen molar-refractivity contribution >= 4 is 28.9 Å². The minimum absolute atomic E-state index is 0.372. The molecule has 0 bridgehead atoms. The highest BCUT2D eigenvalue weighted by atomic mass is 32.1. The number of aryl methyl sites for hydroxylation is 2. The molecule has 1 atom stereocenters. The van der Waals surface area contributed by atoms with Crippen LogP contribution in [0.15, 0.2) is 54.6 Å². The molecule has 0 unspecified atom stereocenters. The van der Waals surface area contributed by atoms with E-state index in [1.54, 1.807) is 13.8 Å². The van der Waals surface area contributed by atoms with Gasteiger partial charge < -0.3 is 10.1 Å². The zero-order valence-electron chi connectivity index (χ0n) is 16.1. The Hall–Kier alpha value is -2.99. The Kier molecular flexibility index (Phi) is 6.21. The lowest BCUT2D eigenvalue weighted by Crippen LogP contribution is -2.29. The number of nitrogens with zero attached hydrogens (tertiary/aromatic N) is 1. The van der Waals surface area contributed by atoms with E-state index in [1.165, 1.54) is 16.9 Å². The number of carbonyl (C=O) groups excluding carboxylic acids is 2. The zero-order chi connectivity index (χ0) is 20.1. The Labute approximate surface area is 168 Å². The van der Waals surface area contributed by atoms with Crippen LogP contribution in [0.3, 0.4) is 0 Å². The van der Waals surface area contributed by atoms with Crippen LogP contribution in [0.25, 0.3) is 10.6 Å². The number of esters is 1. The number of nitrogens with one attached hydrogen (secondary N) is 1. The highest BCUT2D eigenvalue weighted by molar-refractivity contribution is 7.17. The van der Waals surface area contributed by atoms with Crippen molar-refractivity contribution in [3.8, 4) is 10.6 Å². The summed E-state index contributed by atoms with van der Waals surface area (Å²) in [6.45, 7) is 5.39. The molecule has 2 aromatic carbocycles. The summed E-state index contributed by atoms with van der Waals surface area (Å²) in [6.07, 6.45) is 0.0153. The van der Waals surface area contributed by atoms with E-state index in [-0.39, 0.29) is 5.91 Å². The van der Waals surface area contributed by atoms with Gasteiger partial charge in [0.05, 0.1) is 5.69 Å². The lowest BCUT2D eigenvalue weighted by atomic mass is 10.1. The number of rotatable bonds is 6. The molecule has 0 aliphatic rings. The monoisotopic (exact) mass is 394 g/mol. The molecule has 0 radical (unpaired) electrons. The Morgan fingerprint density at radius 1 is 1.11 bits per heavy atom. The lowest BCUT2D eigenvalue weighted by Gasteiger charge is -2.13. The van der Waals surface area contributed by atoms with Crippen LogP contribution in [0, 0.1) is 6.92 Å². The topological polar surface area (TPSA) is 68.3 Å². The van der Waals surface area contributed by atoms with Crippen molar-refractivity contribution in [3.63, 3.8) is 0 Å². The third-order valence-electron chi connectivity index (χ3n) is 4.29. The van der Waals surface area contributed by atoms with Crippen molar-refractivity contribution in [1.82, 2.24) is 4.98 Å². The normalized spacial score (nSPS) is 11.7. The Morgan fingerprint density at radius 3 is 2.43 bits per heavy atom. The number of hydrogen-bond acceptors (Lipinski definition) is 5. The molecular formula is C22H22N2O3S. The summed E-state index contributed by atoms with van der Waals surface area (Å²) in [4.78, 5) is 29.7. The fourth-order valence-electron chi connectivity index (χ4n) is 2.63. The number of ether oxygens (including phenoxy) is 1. The summed E-state index contributed by atoms with van der Waals surface area (Å²) in [6, 6.07) is 17.2. The molecule has 3 rings (SSSR count). The minimum atomic E-state index is -0.917. The molecule has 6 heteroatoms. The number of aromatic nitrogens is 1. The SMILES string of the molecule is CCc1ccc(NC(=O)[C@@H](C)OC(=O)c2sc(-c3ccccc3)nc2C)cc1. The predicted octanol–water partition coefficient (Wildman–Crippen LogP) is 4.86. The van der Waals surface area contributed by atoms with E-state index in [0.717, 1.165) is 17.0 Å². The highest BCUT2D eigenvalue weighted by Gasteiger charge is 2.23. The number of hydrogen-bond donors (Lipinski definition) is 1. The molecule has 0 aliphatic heterocycles. The van der Waals surface area contributed by atoms with Crippen molar-refractivity contribution in [2.24, 2.45) is 0 Å². The second kappa shape index (κ2) is 8.80. The van der Waals surface area contributed by atoms with Crippen LogP contribution in [-0.2, 0) is 16.0 Å². The van der Waals surface area contributed by atoms with Gasteiger partial charge in [0, 0.05) is 11.3 Å². The molecule has 1 N–H and O–H groups in total. The molecule has 0 spiro atoms. The van der Waals surface area contributed by atoms with Crippen LogP contribution >= 0.6 is 11.3 Å². The van der Waals surface area contributed by atoms with Crippen LogP contribution in [0.4, 0.5) is 5.69 Å². The van der Waals surface area contributed by atoms with Gasteiger partial charge >= 0.3 is 5.97 Å². The molecule has 3 aromatic rings. The van der Waals surface area contributed by atoms with E-state index < -0.39 is 12.1 Å². The number of anilines is 1. The highest BCUT2D eigenvalue weighted by Crippen LogP contribution is 2.28. The molecule has 144 valence electrons. The summed E-state index contributed by atoms with van der Waals surface area (Å²) in [7, 11) is 0. The van der Waals surface area contributed by atoms with E-state index in [2.05, 4.69) is 17.2 Å². The largest absolute Gasteiger partial charge is 0.448 e. The van der Waals surface area contributed by atoms with Crippen LogP contribution in [-0.4, -0.2) is 23.0 Å². The van der Waals surface area contributed by atoms with Gasteiger partial charge in [-0.25, -0.2) is 9.78 Å². The fraction of sp³-hybridized carbons (Fsp3) is 0.227. The summed E-state index contributed by atoms with van der Waals surface area (Å²) < 4.78 is 5.36. The lowest BCUT2D eigenvalue weighted by molar-refractivity contribution is -0.123. The van der Waals surface area contributed by atoms with Crippen LogP contribution in [0.2, 0.25) is 0 Å². The van der Waals surface area contributed by atoms with Gasteiger partial charge in [0.15, 0.2) is 6.10 Å². The van der Waals surface area contributed by atoms with E-state index in [1.807, 2.05) is 54.6 Å². The standard InChI is InChI=1S/C22H22N2O3S/c1-4-16-10-12-18(13-11-16)24-20(25)15(3)27-22(26)19-14(2)23-21(28-19)17-8-6-5-7-9-17/h5-13,15H,4H2,1-3H3,(H,24,25)/t15-/m1/s1. The second-order valence-corrected chi connectivity index (χ2v) is 7.39. The van der Waals surface area contributed by atoms with Crippen molar-refractivity contribution < 1.29 is 14.3 Å². The molecule has 1 heterocycles. The first-order valence-electron chi connectivity index (χ1n) is 9.11. The van der Waals surface area contributed by atoms with Crippen molar-refractivity contribution in [2.45, 2.75) is 33.3 Å². The fourth-order valence-corrected chi connectivity index (χ4v) is 3.58. The van der Waals surface area contributed by atoms with Crippen LogP contribution in [0.1, 0.15) is 34.8 Å². The molecule has 28 heavy (non-hydrogen) atoms. The zero-order valence-corrected chi connectivity index (χ0v) is 16.9. The minimum Gasteiger partial charge on any atom is -0.448 e. The number of thiazole rings is 1. The van der Waals surface area contributed by atoms with Gasteiger partial charge in [0.1, 0.15) is 9.88 Å². The smallest absolute Gasteiger partial charge is 0.351 e. The maximum atomic E-state index is 12.5. The number of carbonyl (C=O) groups is 2. The first-order valence-corrected chi connectivity index (χ1v) is 9.93. The quantitative estimate of drug-likeness (QED) is 0.606. The molecule has 5 nitrogen and oxygen atoms in total. The van der Waals surface area contributed by atoms with Crippen molar-refractivity contribution in [3.05, 3.63) is 70.7 Å². The number of amides is 1. The molecule has 0 saturated carbocycles. The van der Waals surface area contributed by atoms with Crippen LogP contribution < -0.4 is 5.32 Å². The molecule has 0 saturated heterocycles. The first-order chi connectivity index (χ1) is 13.5. The molecule has 1 amide bonds. The Bertz CT molecular complexity index is 965. The molecule has 0 fully saturated rings. The number of benzene rings is 2. The van der Waals surface area contributed by atoms with Crippen molar-refractivity contribution in [2.75, 3.05) is 5.32 Å². The van der Waals surface area contributed by atoms with Gasteiger partial charge in [0.2, 0.25) is 0 Å². The van der Waals surface area contributed by atoms with Gasteiger partial charge in [-0.2, -0.15) is 0 Å². The Morgan fingerprint density at radius 2 is 1.79 bits per heavy atom. The maximum absolute atomic E-state index is 12.5. The van der Waals surface area contributed by atoms with E-state index in [9.17, 15) is 9.59 Å². The van der Waals surface area contributed by atoms with E-state index in [4.69, 9.17) is 4.74 Å². The summed E-state index contributed by atoms with van der Waals surface area (Å²) in [5.74, 6) is -0.913. The van der Waals surface area contributed by atoms with Crippen LogP contribution in [0.5, 0.6) is 0 Å². The molecule has 1 aromatic heterocycles. The van der Waals surface area contributed by atoms with Gasteiger partial charge in [-0.15, -0.1) is 11.3 Å². The molecule has 0 aliphatic carbocycles. The average Bonchev–Trinajstić information content (AvgIpc) is 3.11. The van der Waals surface area contributed by atoms with Gasteiger partial charge in [0.25, 0.3) is 5.91 Å². The van der Waals surface area contributed by atoms with Crippen molar-refractivity contribution in [1.29, 1.82) is 0 Å². The third kappa shape index (κ3) is 4.64. The van der Waals surface area contributed by atoms with E-state index >= 15 is 0 Å².